The molecule has 1 saturated heterocycles. The Morgan fingerprint density at radius 1 is 1.42 bits per heavy atom. The van der Waals surface area contributed by atoms with Gasteiger partial charge in [-0.1, -0.05) is 30.3 Å². The van der Waals surface area contributed by atoms with Crippen LogP contribution in [0.3, 0.4) is 0 Å². The number of ether oxygens (including phenoxy) is 2. The van der Waals surface area contributed by atoms with Crippen LogP contribution in [0.5, 0.6) is 0 Å². The van der Waals surface area contributed by atoms with Gasteiger partial charge < -0.3 is 14.8 Å². The Bertz CT molecular complexity index is 394. The van der Waals surface area contributed by atoms with Crippen molar-refractivity contribution in [2.24, 2.45) is 5.92 Å². The molecule has 4 nitrogen and oxygen atoms in total. The fourth-order valence-electron chi connectivity index (χ4n) is 2.32. The number of hydrogen-bond donors (Lipinski definition) is 1. The van der Waals surface area contributed by atoms with Gasteiger partial charge in [-0.15, -0.1) is 0 Å². The smallest absolute Gasteiger partial charge is 0.310 e. The third-order valence-electron chi connectivity index (χ3n) is 3.36. The molecule has 1 fully saturated rings. The standard InChI is InChI=1S/C15H21NO3/c1-2-19-15(17)13-8-9-18-11-14(13)16-10-12-6-4-3-5-7-12/h3-7,13-14,16H,2,8-11H2,1H3/t13-,14+/m1/s1. The highest BCUT2D eigenvalue weighted by Crippen LogP contribution is 2.18. The Kier molecular flexibility index (Phi) is 5.36. The molecule has 1 aliphatic heterocycles. The molecule has 104 valence electrons. The Morgan fingerprint density at radius 3 is 2.95 bits per heavy atom. The highest BCUT2D eigenvalue weighted by Gasteiger charge is 2.32. The lowest BCUT2D eigenvalue weighted by molar-refractivity contribution is -0.152. The van der Waals surface area contributed by atoms with Gasteiger partial charge in [0.2, 0.25) is 0 Å². The summed E-state index contributed by atoms with van der Waals surface area (Å²) in [5.41, 5.74) is 1.20. The van der Waals surface area contributed by atoms with E-state index in [1.807, 2.05) is 25.1 Å². The zero-order valence-corrected chi connectivity index (χ0v) is 11.3. The van der Waals surface area contributed by atoms with Crippen LogP contribution in [-0.4, -0.2) is 31.8 Å². The molecule has 0 unspecified atom stereocenters. The van der Waals surface area contributed by atoms with Gasteiger partial charge in [0.1, 0.15) is 0 Å². The SMILES string of the molecule is CCOC(=O)[C@@H]1CCOC[C@@H]1NCc1ccccc1. The van der Waals surface area contributed by atoms with Gasteiger partial charge in [0, 0.05) is 19.2 Å². The Labute approximate surface area is 114 Å². The van der Waals surface area contributed by atoms with Gasteiger partial charge in [-0.25, -0.2) is 0 Å². The predicted octanol–water partition coefficient (Wildman–Crippen LogP) is 1.74. The molecule has 1 aromatic rings. The lowest BCUT2D eigenvalue weighted by atomic mass is 9.94. The molecular formula is C15H21NO3. The van der Waals surface area contributed by atoms with Gasteiger partial charge in [-0.2, -0.15) is 0 Å². The number of rotatable bonds is 5. The molecule has 4 heteroatoms. The first-order valence-corrected chi connectivity index (χ1v) is 6.83. The van der Waals surface area contributed by atoms with Crippen LogP contribution in [0, 0.1) is 5.92 Å². The Balaban J connectivity index is 1.90. The third kappa shape index (κ3) is 4.04. The molecule has 19 heavy (non-hydrogen) atoms. The van der Waals surface area contributed by atoms with Crippen molar-refractivity contribution in [3.63, 3.8) is 0 Å². The number of carbonyl (C=O) groups excluding carboxylic acids is 1. The van der Waals surface area contributed by atoms with Gasteiger partial charge in [-0.05, 0) is 18.9 Å². The number of nitrogens with one attached hydrogen (secondary N) is 1. The number of benzene rings is 1. The molecule has 1 aromatic carbocycles. The largest absolute Gasteiger partial charge is 0.466 e. The van der Waals surface area contributed by atoms with Crippen molar-refractivity contribution >= 4 is 5.97 Å². The molecule has 0 radical (unpaired) electrons. The number of hydrogen-bond acceptors (Lipinski definition) is 4. The maximum Gasteiger partial charge on any atom is 0.310 e. The van der Waals surface area contributed by atoms with Gasteiger partial charge in [0.15, 0.2) is 0 Å². The molecule has 2 atom stereocenters. The highest BCUT2D eigenvalue weighted by atomic mass is 16.5. The van der Waals surface area contributed by atoms with E-state index in [1.165, 1.54) is 5.56 Å². The van der Waals surface area contributed by atoms with Crippen LogP contribution in [0.1, 0.15) is 18.9 Å². The first kappa shape index (κ1) is 14.0. The third-order valence-corrected chi connectivity index (χ3v) is 3.36. The summed E-state index contributed by atoms with van der Waals surface area (Å²) >= 11 is 0. The lowest BCUT2D eigenvalue weighted by Crippen LogP contribution is -2.47. The van der Waals surface area contributed by atoms with E-state index in [-0.39, 0.29) is 17.9 Å². The topological polar surface area (TPSA) is 47.6 Å². The van der Waals surface area contributed by atoms with Crippen molar-refractivity contribution in [2.75, 3.05) is 19.8 Å². The molecule has 0 bridgehead atoms. The normalized spacial score (nSPS) is 23.0. The first-order valence-electron chi connectivity index (χ1n) is 6.83. The van der Waals surface area contributed by atoms with E-state index in [2.05, 4.69) is 17.4 Å². The summed E-state index contributed by atoms with van der Waals surface area (Å²) in [6.45, 7) is 4.21. The van der Waals surface area contributed by atoms with Gasteiger partial charge in [0.25, 0.3) is 0 Å². The maximum absolute atomic E-state index is 11.9. The minimum Gasteiger partial charge on any atom is -0.466 e. The van der Waals surface area contributed by atoms with Crippen molar-refractivity contribution in [1.82, 2.24) is 5.32 Å². The van der Waals surface area contributed by atoms with Crippen molar-refractivity contribution in [2.45, 2.75) is 25.9 Å². The van der Waals surface area contributed by atoms with Crippen LogP contribution in [0.2, 0.25) is 0 Å². The van der Waals surface area contributed by atoms with Crippen molar-refractivity contribution in [3.8, 4) is 0 Å². The molecule has 0 saturated carbocycles. The zero-order valence-electron chi connectivity index (χ0n) is 11.3. The van der Waals surface area contributed by atoms with E-state index in [1.54, 1.807) is 0 Å². The summed E-state index contributed by atoms with van der Waals surface area (Å²) in [4.78, 5) is 11.9. The number of esters is 1. The van der Waals surface area contributed by atoms with E-state index in [0.717, 1.165) is 13.0 Å². The first-order chi connectivity index (χ1) is 9.31. The van der Waals surface area contributed by atoms with E-state index in [4.69, 9.17) is 9.47 Å². The van der Waals surface area contributed by atoms with Crippen LogP contribution in [-0.2, 0) is 20.8 Å². The van der Waals surface area contributed by atoms with Crippen molar-refractivity contribution < 1.29 is 14.3 Å². The molecule has 1 heterocycles. The minimum atomic E-state index is -0.114. The van der Waals surface area contributed by atoms with Gasteiger partial charge in [0.05, 0.1) is 19.1 Å². The molecular weight excluding hydrogens is 242 g/mol. The quantitative estimate of drug-likeness (QED) is 0.822. The van der Waals surface area contributed by atoms with Crippen LogP contribution in [0.4, 0.5) is 0 Å². The lowest BCUT2D eigenvalue weighted by Gasteiger charge is -2.30. The number of carbonyl (C=O) groups is 1. The average Bonchev–Trinajstić information content (AvgIpc) is 2.47. The molecule has 2 rings (SSSR count). The summed E-state index contributed by atoms with van der Waals surface area (Å²) in [6.07, 6.45) is 0.727. The fourth-order valence-corrected chi connectivity index (χ4v) is 2.32. The maximum atomic E-state index is 11.9. The van der Waals surface area contributed by atoms with Crippen LogP contribution >= 0.6 is 0 Å². The minimum absolute atomic E-state index is 0.0352. The predicted molar refractivity (Wildman–Crippen MR) is 72.6 cm³/mol. The van der Waals surface area contributed by atoms with Gasteiger partial charge in [-0.3, -0.25) is 4.79 Å². The second-order valence-corrected chi connectivity index (χ2v) is 4.70. The van der Waals surface area contributed by atoms with Gasteiger partial charge >= 0.3 is 5.97 Å². The van der Waals surface area contributed by atoms with Crippen LogP contribution in [0.25, 0.3) is 0 Å². The Morgan fingerprint density at radius 2 is 2.21 bits per heavy atom. The second-order valence-electron chi connectivity index (χ2n) is 4.70. The van der Waals surface area contributed by atoms with Crippen LogP contribution in [0.15, 0.2) is 30.3 Å². The molecule has 1 N–H and O–H groups in total. The summed E-state index contributed by atoms with van der Waals surface area (Å²) < 4.78 is 10.6. The van der Waals surface area contributed by atoms with Crippen molar-refractivity contribution in [3.05, 3.63) is 35.9 Å². The van der Waals surface area contributed by atoms with E-state index in [0.29, 0.717) is 19.8 Å². The van der Waals surface area contributed by atoms with Crippen molar-refractivity contribution in [1.29, 1.82) is 0 Å². The van der Waals surface area contributed by atoms with E-state index >= 15 is 0 Å². The second kappa shape index (κ2) is 7.26. The van der Waals surface area contributed by atoms with E-state index in [9.17, 15) is 4.79 Å². The van der Waals surface area contributed by atoms with E-state index < -0.39 is 0 Å². The fraction of sp³-hybridized carbons (Fsp3) is 0.533. The zero-order chi connectivity index (χ0) is 13.5. The summed E-state index contributed by atoms with van der Waals surface area (Å²) in [5.74, 6) is -0.214. The molecule has 0 aliphatic carbocycles. The molecule has 0 amide bonds. The monoisotopic (exact) mass is 263 g/mol. The summed E-state index contributed by atoms with van der Waals surface area (Å²) in [7, 11) is 0. The summed E-state index contributed by atoms with van der Waals surface area (Å²) in [5, 5.41) is 3.40. The Hall–Kier alpha value is -1.39. The van der Waals surface area contributed by atoms with Crippen LogP contribution < -0.4 is 5.32 Å². The average molecular weight is 263 g/mol. The molecule has 0 spiro atoms. The summed E-state index contributed by atoms with van der Waals surface area (Å²) in [6, 6.07) is 10.2. The highest BCUT2D eigenvalue weighted by molar-refractivity contribution is 5.73. The molecule has 0 aromatic heterocycles. The molecule has 1 aliphatic rings.